The molecule has 0 saturated heterocycles. The Morgan fingerprint density at radius 3 is 2.45 bits per heavy atom. The number of carbonyl (C=O) groups is 1. The average molecular weight is 270 g/mol. The van der Waals surface area contributed by atoms with Crippen LogP contribution in [0.3, 0.4) is 0 Å². The summed E-state index contributed by atoms with van der Waals surface area (Å²) in [6.45, 7) is 4.38. The number of nitrogens with zero attached hydrogens (tertiary/aromatic N) is 2. The van der Waals surface area contributed by atoms with Crippen molar-refractivity contribution < 1.29 is 9.90 Å². The molecule has 2 aromatic rings. The van der Waals surface area contributed by atoms with E-state index in [0.717, 1.165) is 22.6 Å². The normalized spacial score (nSPS) is 10.3. The van der Waals surface area contributed by atoms with Crippen LogP contribution in [0, 0.1) is 13.8 Å². The van der Waals surface area contributed by atoms with E-state index < -0.39 is 5.97 Å². The summed E-state index contributed by atoms with van der Waals surface area (Å²) in [5.41, 5.74) is 3.84. The molecule has 0 saturated carbocycles. The van der Waals surface area contributed by atoms with Crippen LogP contribution >= 0.6 is 0 Å². The highest BCUT2D eigenvalue weighted by atomic mass is 16.4. The van der Waals surface area contributed by atoms with E-state index >= 15 is 0 Å². The predicted molar refractivity (Wildman–Crippen MR) is 78.8 cm³/mol. The number of carboxylic acids is 1. The van der Waals surface area contributed by atoms with E-state index in [4.69, 9.17) is 5.11 Å². The molecule has 0 aliphatic carbocycles. The number of pyridine rings is 1. The Hall–Kier alpha value is -2.36. The fourth-order valence-electron chi connectivity index (χ4n) is 2.04. The van der Waals surface area contributed by atoms with Crippen LogP contribution in [-0.4, -0.2) is 22.6 Å². The first-order valence-electron chi connectivity index (χ1n) is 6.50. The zero-order valence-electron chi connectivity index (χ0n) is 11.7. The van der Waals surface area contributed by atoms with Gasteiger partial charge in [-0.15, -0.1) is 0 Å². The van der Waals surface area contributed by atoms with Gasteiger partial charge in [0.25, 0.3) is 0 Å². The topological polar surface area (TPSA) is 53.4 Å². The summed E-state index contributed by atoms with van der Waals surface area (Å²) < 4.78 is 0. The van der Waals surface area contributed by atoms with Crippen molar-refractivity contribution in [3.05, 3.63) is 59.4 Å². The van der Waals surface area contributed by atoms with Gasteiger partial charge in [0.2, 0.25) is 0 Å². The molecule has 20 heavy (non-hydrogen) atoms. The Morgan fingerprint density at radius 2 is 1.85 bits per heavy atom. The third-order valence-electron chi connectivity index (χ3n) is 3.02. The van der Waals surface area contributed by atoms with Crippen molar-refractivity contribution in [1.82, 2.24) is 4.98 Å². The molecule has 0 radical (unpaired) electrons. The second kappa shape index (κ2) is 6.19. The lowest BCUT2D eigenvalue weighted by Crippen LogP contribution is -2.29. The first-order valence-corrected chi connectivity index (χ1v) is 6.50. The molecule has 0 unspecified atom stereocenters. The summed E-state index contributed by atoms with van der Waals surface area (Å²) in [6, 6.07) is 13.6. The molecule has 0 aliphatic heterocycles. The first-order chi connectivity index (χ1) is 9.54. The molecule has 1 N–H and O–H groups in total. The zero-order valence-corrected chi connectivity index (χ0v) is 11.7. The molecule has 1 aromatic heterocycles. The van der Waals surface area contributed by atoms with E-state index in [0.29, 0.717) is 6.54 Å². The highest BCUT2D eigenvalue weighted by molar-refractivity contribution is 5.73. The Balaban J connectivity index is 2.23. The van der Waals surface area contributed by atoms with E-state index in [1.165, 1.54) is 0 Å². The number of aromatic nitrogens is 1. The fraction of sp³-hybridized carbons (Fsp3) is 0.250. The number of carboxylic acid groups (broad SMARTS) is 1. The van der Waals surface area contributed by atoms with Crippen molar-refractivity contribution in [3.8, 4) is 0 Å². The van der Waals surface area contributed by atoms with Crippen LogP contribution < -0.4 is 4.90 Å². The molecule has 2 rings (SSSR count). The first kappa shape index (κ1) is 14.1. The van der Waals surface area contributed by atoms with Crippen LogP contribution in [0.15, 0.2) is 42.5 Å². The molecular weight excluding hydrogens is 252 g/mol. The molecule has 0 fully saturated rings. The average Bonchev–Trinajstić information content (AvgIpc) is 2.38. The van der Waals surface area contributed by atoms with E-state index in [2.05, 4.69) is 4.98 Å². The standard InChI is InChI=1S/C16H18N2O2/c1-12-6-8-15(9-7-12)18(11-16(19)20)10-14-5-3-4-13(2)17-14/h3-9H,10-11H2,1-2H3,(H,19,20). The molecule has 4 nitrogen and oxygen atoms in total. The van der Waals surface area contributed by atoms with E-state index in [1.807, 2.05) is 61.2 Å². The molecular formula is C16H18N2O2. The van der Waals surface area contributed by atoms with Crippen molar-refractivity contribution in [2.75, 3.05) is 11.4 Å². The third-order valence-corrected chi connectivity index (χ3v) is 3.02. The van der Waals surface area contributed by atoms with Gasteiger partial charge in [-0.1, -0.05) is 23.8 Å². The maximum atomic E-state index is 11.0. The summed E-state index contributed by atoms with van der Waals surface area (Å²) in [5.74, 6) is -0.849. The van der Waals surface area contributed by atoms with E-state index in [9.17, 15) is 4.79 Å². The minimum absolute atomic E-state index is 0.0430. The Morgan fingerprint density at radius 1 is 1.15 bits per heavy atom. The largest absolute Gasteiger partial charge is 0.480 e. The number of rotatable bonds is 5. The van der Waals surface area contributed by atoms with Gasteiger partial charge in [0.05, 0.1) is 12.2 Å². The van der Waals surface area contributed by atoms with Crippen LogP contribution in [0.5, 0.6) is 0 Å². The Bertz CT molecular complexity index is 594. The van der Waals surface area contributed by atoms with Crippen molar-refractivity contribution in [2.24, 2.45) is 0 Å². The van der Waals surface area contributed by atoms with Gasteiger partial charge in [-0.25, -0.2) is 0 Å². The molecule has 104 valence electrons. The number of aryl methyl sites for hydroxylation is 2. The number of anilines is 1. The third kappa shape index (κ3) is 3.82. The highest BCUT2D eigenvalue weighted by Crippen LogP contribution is 2.17. The van der Waals surface area contributed by atoms with Crippen LogP contribution in [0.4, 0.5) is 5.69 Å². The Labute approximate surface area is 118 Å². The molecule has 0 aliphatic rings. The van der Waals surface area contributed by atoms with Gasteiger partial charge in [0.1, 0.15) is 6.54 Å². The lowest BCUT2D eigenvalue weighted by Gasteiger charge is -2.22. The van der Waals surface area contributed by atoms with Crippen molar-refractivity contribution >= 4 is 11.7 Å². The SMILES string of the molecule is Cc1ccc(N(CC(=O)O)Cc2cccc(C)n2)cc1. The molecule has 1 heterocycles. The summed E-state index contributed by atoms with van der Waals surface area (Å²) in [5, 5.41) is 9.07. The number of aliphatic carboxylic acids is 1. The van der Waals surface area contributed by atoms with Gasteiger partial charge in [-0.05, 0) is 38.1 Å². The van der Waals surface area contributed by atoms with Crippen LogP contribution in [-0.2, 0) is 11.3 Å². The van der Waals surface area contributed by atoms with Crippen molar-refractivity contribution in [2.45, 2.75) is 20.4 Å². The predicted octanol–water partition coefficient (Wildman–Crippen LogP) is 2.79. The molecule has 0 atom stereocenters. The molecule has 0 amide bonds. The van der Waals surface area contributed by atoms with Crippen LogP contribution in [0.2, 0.25) is 0 Å². The fourth-order valence-corrected chi connectivity index (χ4v) is 2.04. The van der Waals surface area contributed by atoms with Gasteiger partial charge in [-0.3, -0.25) is 9.78 Å². The van der Waals surface area contributed by atoms with Crippen LogP contribution in [0.25, 0.3) is 0 Å². The number of hydrogen-bond donors (Lipinski definition) is 1. The molecule has 0 bridgehead atoms. The molecule has 1 aromatic carbocycles. The number of benzene rings is 1. The van der Waals surface area contributed by atoms with Gasteiger partial charge in [0.15, 0.2) is 0 Å². The molecule has 0 spiro atoms. The lowest BCUT2D eigenvalue weighted by atomic mass is 10.2. The van der Waals surface area contributed by atoms with Crippen molar-refractivity contribution in [3.63, 3.8) is 0 Å². The van der Waals surface area contributed by atoms with Gasteiger partial charge >= 0.3 is 5.97 Å². The summed E-state index contributed by atoms with van der Waals surface area (Å²) in [6.07, 6.45) is 0. The minimum Gasteiger partial charge on any atom is -0.480 e. The maximum absolute atomic E-state index is 11.0. The lowest BCUT2D eigenvalue weighted by molar-refractivity contribution is -0.135. The van der Waals surface area contributed by atoms with Crippen LogP contribution in [0.1, 0.15) is 17.0 Å². The van der Waals surface area contributed by atoms with Gasteiger partial charge in [-0.2, -0.15) is 0 Å². The van der Waals surface area contributed by atoms with Crippen molar-refractivity contribution in [1.29, 1.82) is 0 Å². The summed E-state index contributed by atoms with van der Waals surface area (Å²) in [7, 11) is 0. The maximum Gasteiger partial charge on any atom is 0.323 e. The summed E-state index contributed by atoms with van der Waals surface area (Å²) >= 11 is 0. The van der Waals surface area contributed by atoms with E-state index in [1.54, 1.807) is 0 Å². The monoisotopic (exact) mass is 270 g/mol. The second-order valence-corrected chi connectivity index (χ2v) is 4.86. The van der Waals surface area contributed by atoms with Gasteiger partial charge in [0, 0.05) is 11.4 Å². The second-order valence-electron chi connectivity index (χ2n) is 4.86. The molecule has 4 heteroatoms. The Kier molecular flexibility index (Phi) is 4.35. The zero-order chi connectivity index (χ0) is 14.5. The smallest absolute Gasteiger partial charge is 0.323 e. The minimum atomic E-state index is -0.849. The summed E-state index contributed by atoms with van der Waals surface area (Å²) in [4.78, 5) is 17.3. The van der Waals surface area contributed by atoms with E-state index in [-0.39, 0.29) is 6.54 Å². The quantitative estimate of drug-likeness (QED) is 0.907. The highest BCUT2D eigenvalue weighted by Gasteiger charge is 2.12. The van der Waals surface area contributed by atoms with Gasteiger partial charge < -0.3 is 10.0 Å². The number of hydrogen-bond acceptors (Lipinski definition) is 3.